The lowest BCUT2D eigenvalue weighted by Gasteiger charge is -2.19. The molecule has 1 aliphatic heterocycles. The molecule has 2 aromatic carbocycles. The minimum Gasteiger partial charge on any atom is -0.506 e. The fourth-order valence-corrected chi connectivity index (χ4v) is 4.79. The minimum atomic E-state index is -3.48. The van der Waals surface area contributed by atoms with Gasteiger partial charge in [-0.15, -0.1) is 0 Å². The fourth-order valence-electron chi connectivity index (χ4n) is 3.28. The third-order valence-electron chi connectivity index (χ3n) is 4.92. The first kappa shape index (κ1) is 21.1. The minimum absolute atomic E-state index is 0.00909. The lowest BCUT2D eigenvalue weighted by atomic mass is 10.2. The molecule has 1 amide bonds. The van der Waals surface area contributed by atoms with E-state index in [9.17, 15) is 18.3 Å². The van der Waals surface area contributed by atoms with Gasteiger partial charge >= 0.3 is 0 Å². The number of amides is 1. The molecule has 0 radical (unpaired) electrons. The average molecular weight is 415 g/mol. The van der Waals surface area contributed by atoms with Gasteiger partial charge in [0, 0.05) is 19.2 Å². The van der Waals surface area contributed by atoms with Crippen molar-refractivity contribution in [2.75, 3.05) is 18.4 Å². The summed E-state index contributed by atoms with van der Waals surface area (Å²) in [5.41, 5.74) is 1.94. The van der Waals surface area contributed by atoms with E-state index in [1.807, 2.05) is 6.92 Å². The molecule has 0 saturated carbocycles. The number of phenolic OH excluding ortho intramolecular Hbond substituents is 1. The van der Waals surface area contributed by atoms with E-state index in [1.54, 1.807) is 52.8 Å². The number of hydrogen-bond acceptors (Lipinski definition) is 4. The van der Waals surface area contributed by atoms with Gasteiger partial charge in [0.2, 0.25) is 15.9 Å². The molecular weight excluding hydrogens is 388 g/mol. The van der Waals surface area contributed by atoms with Crippen LogP contribution in [0, 0.1) is 6.92 Å². The van der Waals surface area contributed by atoms with Gasteiger partial charge < -0.3 is 10.4 Å². The highest BCUT2D eigenvalue weighted by Gasteiger charge is 2.24. The Morgan fingerprint density at radius 1 is 1.03 bits per heavy atom. The summed E-state index contributed by atoms with van der Waals surface area (Å²) in [5, 5.41) is 12.5. The Morgan fingerprint density at radius 2 is 1.69 bits per heavy atom. The van der Waals surface area contributed by atoms with Crippen LogP contribution in [0.1, 0.15) is 36.8 Å². The average Bonchev–Trinajstić information content (AvgIpc) is 2.99. The van der Waals surface area contributed by atoms with E-state index in [4.69, 9.17) is 0 Å². The van der Waals surface area contributed by atoms with Crippen molar-refractivity contribution in [3.8, 4) is 5.75 Å². The van der Waals surface area contributed by atoms with E-state index in [1.165, 1.54) is 6.08 Å². The summed E-state index contributed by atoms with van der Waals surface area (Å²) < 4.78 is 27.2. The lowest BCUT2D eigenvalue weighted by molar-refractivity contribution is -0.111. The summed E-state index contributed by atoms with van der Waals surface area (Å²) in [6.07, 6.45) is 6.87. The summed E-state index contributed by atoms with van der Waals surface area (Å²) >= 11 is 0. The predicted octanol–water partition coefficient (Wildman–Crippen LogP) is 3.92. The summed E-state index contributed by atoms with van der Waals surface area (Å²) in [7, 11) is -3.48. The summed E-state index contributed by atoms with van der Waals surface area (Å²) in [5.74, 6) is -0.375. The second kappa shape index (κ2) is 9.24. The van der Waals surface area contributed by atoms with E-state index in [2.05, 4.69) is 5.32 Å². The number of nitrogens with zero attached hydrogens (tertiary/aromatic N) is 1. The number of phenols is 1. The van der Waals surface area contributed by atoms with Crippen LogP contribution in [-0.2, 0) is 14.8 Å². The molecule has 29 heavy (non-hydrogen) atoms. The van der Waals surface area contributed by atoms with E-state index in [0.29, 0.717) is 24.3 Å². The molecular formula is C22H26N2O4S. The molecule has 1 aliphatic rings. The second-order valence-corrected chi connectivity index (χ2v) is 9.17. The number of nitrogens with one attached hydrogen (secondary N) is 1. The van der Waals surface area contributed by atoms with Gasteiger partial charge in [0.15, 0.2) is 0 Å². The number of sulfonamides is 1. The first-order chi connectivity index (χ1) is 13.9. The monoisotopic (exact) mass is 414 g/mol. The number of benzene rings is 2. The molecule has 2 N–H and O–H groups in total. The van der Waals surface area contributed by atoms with Gasteiger partial charge in [-0.2, -0.15) is 4.31 Å². The zero-order chi connectivity index (χ0) is 20.9. The van der Waals surface area contributed by atoms with Crippen molar-refractivity contribution in [3.63, 3.8) is 0 Å². The number of aromatic hydroxyl groups is 1. The van der Waals surface area contributed by atoms with Crippen LogP contribution in [0.25, 0.3) is 6.08 Å². The molecule has 0 bridgehead atoms. The first-order valence-electron chi connectivity index (χ1n) is 9.75. The molecule has 0 aromatic heterocycles. The third-order valence-corrected chi connectivity index (χ3v) is 6.83. The molecule has 1 saturated heterocycles. The smallest absolute Gasteiger partial charge is 0.248 e. The predicted molar refractivity (Wildman–Crippen MR) is 114 cm³/mol. The first-order valence-corrected chi connectivity index (χ1v) is 11.2. The fraction of sp³-hybridized carbons (Fsp3) is 0.318. The number of carbonyl (C=O) groups is 1. The van der Waals surface area contributed by atoms with Gasteiger partial charge in [-0.25, -0.2) is 8.42 Å². The van der Waals surface area contributed by atoms with Crippen molar-refractivity contribution < 1.29 is 18.3 Å². The zero-order valence-electron chi connectivity index (χ0n) is 16.5. The normalized spacial score (nSPS) is 15.9. The molecule has 1 fully saturated rings. The molecule has 6 nitrogen and oxygen atoms in total. The number of carbonyl (C=O) groups excluding carboxylic acids is 1. The Labute approximate surface area is 171 Å². The Kier molecular flexibility index (Phi) is 6.71. The van der Waals surface area contributed by atoms with Crippen LogP contribution in [0.3, 0.4) is 0 Å². The van der Waals surface area contributed by atoms with Crippen LogP contribution in [-0.4, -0.2) is 36.8 Å². The molecule has 1 heterocycles. The molecule has 0 aliphatic carbocycles. The van der Waals surface area contributed by atoms with Gasteiger partial charge in [0.05, 0.1) is 10.6 Å². The quantitative estimate of drug-likeness (QED) is 0.574. The summed E-state index contributed by atoms with van der Waals surface area (Å²) in [6, 6.07) is 11.5. The second-order valence-electron chi connectivity index (χ2n) is 7.23. The molecule has 3 rings (SSSR count). The Bertz CT molecular complexity index is 990. The van der Waals surface area contributed by atoms with E-state index in [0.717, 1.165) is 31.2 Å². The van der Waals surface area contributed by atoms with Gasteiger partial charge in [-0.1, -0.05) is 31.0 Å². The van der Waals surface area contributed by atoms with E-state index >= 15 is 0 Å². The van der Waals surface area contributed by atoms with E-state index < -0.39 is 10.0 Å². The lowest BCUT2D eigenvalue weighted by Crippen LogP contribution is -2.31. The number of rotatable bonds is 5. The van der Waals surface area contributed by atoms with Crippen molar-refractivity contribution in [2.24, 2.45) is 0 Å². The SMILES string of the molecule is Cc1ccc(NC(=O)/C=C/c2ccc(S(=O)(=O)N3CCCCCC3)cc2)c(O)c1. The van der Waals surface area contributed by atoms with Crippen LogP contribution >= 0.6 is 0 Å². The van der Waals surface area contributed by atoms with Crippen LogP contribution in [0.4, 0.5) is 5.69 Å². The van der Waals surface area contributed by atoms with E-state index in [-0.39, 0.29) is 16.6 Å². The van der Waals surface area contributed by atoms with Gasteiger partial charge in [0.1, 0.15) is 5.75 Å². The van der Waals surface area contributed by atoms with Crippen LogP contribution in [0.5, 0.6) is 5.75 Å². The molecule has 0 unspecified atom stereocenters. The van der Waals surface area contributed by atoms with Gasteiger partial charge in [-0.3, -0.25) is 4.79 Å². The van der Waals surface area contributed by atoms with Crippen LogP contribution in [0.2, 0.25) is 0 Å². The summed E-state index contributed by atoms with van der Waals surface area (Å²) in [6.45, 7) is 2.98. The highest BCUT2D eigenvalue weighted by molar-refractivity contribution is 7.89. The Balaban J connectivity index is 1.65. The van der Waals surface area contributed by atoms with Gasteiger partial charge in [-0.05, 0) is 61.2 Å². The van der Waals surface area contributed by atoms with Crippen LogP contribution < -0.4 is 5.32 Å². The number of aryl methyl sites for hydroxylation is 1. The summed E-state index contributed by atoms with van der Waals surface area (Å²) in [4.78, 5) is 12.3. The largest absolute Gasteiger partial charge is 0.506 e. The van der Waals surface area contributed by atoms with Crippen LogP contribution in [0.15, 0.2) is 53.4 Å². The topological polar surface area (TPSA) is 86.7 Å². The Hall–Kier alpha value is -2.64. The molecule has 0 atom stereocenters. The molecule has 154 valence electrons. The Morgan fingerprint density at radius 3 is 2.31 bits per heavy atom. The number of hydrogen-bond donors (Lipinski definition) is 2. The zero-order valence-corrected chi connectivity index (χ0v) is 17.3. The molecule has 0 spiro atoms. The maximum absolute atomic E-state index is 12.8. The van der Waals surface area contributed by atoms with Crippen molar-refractivity contribution in [2.45, 2.75) is 37.5 Å². The number of anilines is 1. The van der Waals surface area contributed by atoms with Crippen molar-refractivity contribution in [1.29, 1.82) is 0 Å². The van der Waals surface area contributed by atoms with Crippen molar-refractivity contribution in [3.05, 3.63) is 59.7 Å². The maximum atomic E-state index is 12.8. The highest BCUT2D eigenvalue weighted by atomic mass is 32.2. The highest BCUT2D eigenvalue weighted by Crippen LogP contribution is 2.24. The molecule has 2 aromatic rings. The van der Waals surface area contributed by atoms with Gasteiger partial charge in [0.25, 0.3) is 0 Å². The van der Waals surface area contributed by atoms with Crippen molar-refractivity contribution in [1.82, 2.24) is 4.31 Å². The maximum Gasteiger partial charge on any atom is 0.248 e. The molecule has 7 heteroatoms. The van der Waals surface area contributed by atoms with Crippen molar-refractivity contribution >= 4 is 27.7 Å². The standard InChI is InChI=1S/C22H26N2O4S/c1-17-6-12-20(21(25)16-17)23-22(26)13-9-18-7-10-19(11-8-18)29(27,28)24-14-4-2-3-5-15-24/h6-13,16,25H,2-5,14-15H2,1H3,(H,23,26)/b13-9+. The third kappa shape index (κ3) is 5.46.